The molecule has 1 aromatic rings. The number of hydrogen-bond donors (Lipinski definition) is 2. The molecule has 1 fully saturated rings. The molecule has 1 atom stereocenters. The summed E-state index contributed by atoms with van der Waals surface area (Å²) in [5, 5.41) is 11.9. The number of aliphatic hydroxyl groups is 1. The molecule has 0 bridgehead atoms. The third-order valence-electron chi connectivity index (χ3n) is 3.44. The Hall–Kier alpha value is -0.540. The molecule has 20 heavy (non-hydrogen) atoms. The molecule has 6 nitrogen and oxygen atoms in total. The minimum atomic E-state index is -3.64. The molecular weight excluding hydrogens is 298 g/mol. The van der Waals surface area contributed by atoms with Crippen molar-refractivity contribution in [2.75, 3.05) is 13.2 Å². The first kappa shape index (κ1) is 15.8. The maximum atomic E-state index is 12.5. The summed E-state index contributed by atoms with van der Waals surface area (Å²) in [7, 11) is -3.64. The van der Waals surface area contributed by atoms with E-state index < -0.39 is 15.7 Å². The second-order valence-electron chi connectivity index (χ2n) is 5.51. The lowest BCUT2D eigenvalue weighted by Gasteiger charge is -2.36. The molecule has 2 rings (SSSR count). The zero-order chi connectivity index (χ0) is 14.8. The topological polar surface area (TPSA) is 82.5 Å². The zero-order valence-corrected chi connectivity index (χ0v) is 13.4. The molecule has 1 aliphatic heterocycles. The quantitative estimate of drug-likeness (QED) is 0.850. The molecule has 8 heteroatoms. The van der Waals surface area contributed by atoms with Gasteiger partial charge in [0, 0.05) is 24.2 Å². The maximum absolute atomic E-state index is 12.5. The van der Waals surface area contributed by atoms with Crippen LogP contribution in [0.3, 0.4) is 0 Å². The average Bonchev–Trinajstić information content (AvgIpc) is 2.92. The predicted molar refractivity (Wildman–Crippen MR) is 78.6 cm³/mol. The van der Waals surface area contributed by atoms with Gasteiger partial charge >= 0.3 is 0 Å². The Kier molecular flexibility index (Phi) is 4.80. The maximum Gasteiger partial charge on any atom is 0.280 e. The fourth-order valence-electron chi connectivity index (χ4n) is 2.43. The second-order valence-corrected chi connectivity index (χ2v) is 8.03. The predicted octanol–water partition coefficient (Wildman–Crippen LogP) is 1.06. The summed E-state index contributed by atoms with van der Waals surface area (Å²) in [5.41, 5.74) is -0.759. The van der Waals surface area contributed by atoms with E-state index in [-0.39, 0.29) is 12.6 Å². The lowest BCUT2D eigenvalue weighted by Crippen LogP contribution is -2.54. The molecule has 0 aromatic carbocycles. The molecule has 0 radical (unpaired) electrons. The minimum absolute atomic E-state index is 0.140. The Labute approximate surface area is 124 Å². The Morgan fingerprint density at radius 2 is 2.30 bits per heavy atom. The average molecular weight is 319 g/mol. The van der Waals surface area contributed by atoms with Gasteiger partial charge in [-0.2, -0.15) is 17.4 Å². The van der Waals surface area contributed by atoms with E-state index in [1.165, 1.54) is 15.6 Å². The second kappa shape index (κ2) is 6.07. The first-order valence-electron chi connectivity index (χ1n) is 6.68. The van der Waals surface area contributed by atoms with Crippen molar-refractivity contribution in [3.63, 3.8) is 0 Å². The third kappa shape index (κ3) is 3.37. The minimum Gasteiger partial charge on any atom is -0.395 e. The number of nitrogens with one attached hydrogen (secondary N) is 1. The molecule has 0 spiro atoms. The monoisotopic (exact) mass is 319 g/mol. The first-order valence-corrected chi connectivity index (χ1v) is 9.00. The van der Waals surface area contributed by atoms with Crippen molar-refractivity contribution in [2.24, 2.45) is 0 Å². The van der Waals surface area contributed by atoms with Gasteiger partial charge in [-0.1, -0.05) is 6.42 Å². The zero-order valence-electron chi connectivity index (χ0n) is 11.7. The SMILES string of the molecule is CC(C)(NS(=O)(=O)N1CCCCC1CO)c1nccs1. The van der Waals surface area contributed by atoms with Gasteiger partial charge in [0.1, 0.15) is 5.01 Å². The van der Waals surface area contributed by atoms with Crippen molar-refractivity contribution in [3.05, 3.63) is 16.6 Å². The highest BCUT2D eigenvalue weighted by Gasteiger charge is 2.37. The van der Waals surface area contributed by atoms with Gasteiger partial charge in [0.15, 0.2) is 0 Å². The summed E-state index contributed by atoms with van der Waals surface area (Å²) in [6, 6.07) is -0.326. The highest BCUT2D eigenvalue weighted by Crippen LogP contribution is 2.26. The van der Waals surface area contributed by atoms with Crippen molar-refractivity contribution in [1.82, 2.24) is 14.0 Å². The van der Waals surface area contributed by atoms with Crippen LogP contribution in [0.25, 0.3) is 0 Å². The van der Waals surface area contributed by atoms with Crippen LogP contribution in [0.5, 0.6) is 0 Å². The lowest BCUT2D eigenvalue weighted by atomic mass is 10.1. The van der Waals surface area contributed by atoms with Gasteiger partial charge in [0.05, 0.1) is 12.1 Å². The number of aliphatic hydroxyl groups excluding tert-OH is 1. The van der Waals surface area contributed by atoms with Gasteiger partial charge in [0.25, 0.3) is 10.2 Å². The first-order chi connectivity index (χ1) is 9.37. The van der Waals surface area contributed by atoms with Crippen LogP contribution in [0.4, 0.5) is 0 Å². The number of nitrogens with zero attached hydrogens (tertiary/aromatic N) is 2. The molecule has 0 saturated carbocycles. The van der Waals surface area contributed by atoms with Crippen LogP contribution in [-0.2, 0) is 15.7 Å². The molecule has 1 aromatic heterocycles. The smallest absolute Gasteiger partial charge is 0.280 e. The standard InChI is InChI=1S/C12H21N3O3S2/c1-12(2,11-13-6-8-19-11)14-20(17,18)15-7-4-3-5-10(15)9-16/h6,8,10,14,16H,3-5,7,9H2,1-2H3. The number of aromatic nitrogens is 1. The van der Waals surface area contributed by atoms with Gasteiger partial charge in [-0.25, -0.2) is 4.98 Å². The fraction of sp³-hybridized carbons (Fsp3) is 0.750. The highest BCUT2D eigenvalue weighted by molar-refractivity contribution is 7.87. The Balaban J connectivity index is 2.18. The van der Waals surface area contributed by atoms with Crippen LogP contribution in [0.15, 0.2) is 11.6 Å². The van der Waals surface area contributed by atoms with E-state index in [2.05, 4.69) is 9.71 Å². The van der Waals surface area contributed by atoms with Crippen molar-refractivity contribution < 1.29 is 13.5 Å². The largest absolute Gasteiger partial charge is 0.395 e. The van der Waals surface area contributed by atoms with E-state index >= 15 is 0 Å². The van der Waals surface area contributed by atoms with E-state index in [1.807, 2.05) is 5.38 Å². The lowest BCUT2D eigenvalue weighted by molar-refractivity contribution is 0.152. The summed E-state index contributed by atoms with van der Waals surface area (Å²) in [6.45, 7) is 3.90. The number of thiazole rings is 1. The molecule has 2 N–H and O–H groups in total. The van der Waals surface area contributed by atoms with E-state index in [4.69, 9.17) is 0 Å². The van der Waals surface area contributed by atoms with Crippen molar-refractivity contribution >= 4 is 21.5 Å². The Morgan fingerprint density at radius 3 is 2.90 bits per heavy atom. The normalized spacial score (nSPS) is 22.1. The van der Waals surface area contributed by atoms with Gasteiger partial charge < -0.3 is 5.11 Å². The van der Waals surface area contributed by atoms with Gasteiger partial charge in [-0.3, -0.25) is 0 Å². The molecule has 1 aliphatic rings. The number of hydrogen-bond acceptors (Lipinski definition) is 5. The molecular formula is C12H21N3O3S2. The van der Waals surface area contributed by atoms with Crippen LogP contribution in [-0.4, -0.2) is 42.0 Å². The molecule has 0 aliphatic carbocycles. The molecule has 2 heterocycles. The van der Waals surface area contributed by atoms with Crippen molar-refractivity contribution in [3.8, 4) is 0 Å². The Morgan fingerprint density at radius 1 is 1.55 bits per heavy atom. The van der Waals surface area contributed by atoms with E-state index in [1.54, 1.807) is 20.0 Å². The molecule has 1 saturated heterocycles. The summed E-state index contributed by atoms with van der Waals surface area (Å²) in [5.74, 6) is 0. The summed E-state index contributed by atoms with van der Waals surface area (Å²) >= 11 is 1.42. The van der Waals surface area contributed by atoms with Crippen LogP contribution in [0.1, 0.15) is 38.1 Å². The third-order valence-corrected chi connectivity index (χ3v) is 6.41. The van der Waals surface area contributed by atoms with Gasteiger partial charge in [-0.15, -0.1) is 11.3 Å². The fourth-order valence-corrected chi connectivity index (χ4v) is 5.01. The van der Waals surface area contributed by atoms with Crippen molar-refractivity contribution in [1.29, 1.82) is 0 Å². The summed E-state index contributed by atoms with van der Waals surface area (Å²) in [6.07, 6.45) is 4.14. The van der Waals surface area contributed by atoms with E-state index in [9.17, 15) is 13.5 Å². The van der Waals surface area contributed by atoms with Gasteiger partial charge in [-0.05, 0) is 26.7 Å². The molecule has 0 amide bonds. The van der Waals surface area contributed by atoms with Gasteiger partial charge in [0.2, 0.25) is 0 Å². The van der Waals surface area contributed by atoms with Crippen LogP contribution in [0, 0.1) is 0 Å². The Bertz CT molecular complexity index is 528. The van der Waals surface area contributed by atoms with E-state index in [0.717, 1.165) is 17.8 Å². The van der Waals surface area contributed by atoms with Crippen LogP contribution < -0.4 is 4.72 Å². The van der Waals surface area contributed by atoms with Crippen molar-refractivity contribution in [2.45, 2.75) is 44.7 Å². The summed E-state index contributed by atoms with van der Waals surface area (Å²) in [4.78, 5) is 4.18. The highest BCUT2D eigenvalue weighted by atomic mass is 32.2. The number of rotatable bonds is 5. The van der Waals surface area contributed by atoms with Crippen LogP contribution in [0.2, 0.25) is 0 Å². The summed E-state index contributed by atoms with van der Waals surface area (Å²) < 4.78 is 29.2. The number of piperidine rings is 1. The van der Waals surface area contributed by atoms with Crippen LogP contribution >= 0.6 is 11.3 Å². The van der Waals surface area contributed by atoms with E-state index in [0.29, 0.717) is 13.0 Å². The molecule has 1 unspecified atom stereocenters. The molecule has 114 valence electrons.